The highest BCUT2D eigenvalue weighted by molar-refractivity contribution is 8.00. The van der Waals surface area contributed by atoms with Crippen LogP contribution in [0.25, 0.3) is 0 Å². The smallest absolute Gasteiger partial charge is 0.243 e. The molecule has 1 fully saturated rings. The number of aromatic nitrogens is 3. The third-order valence-corrected chi connectivity index (χ3v) is 7.40. The predicted molar refractivity (Wildman–Crippen MR) is 104 cm³/mol. The maximum atomic E-state index is 12.5. The maximum Gasteiger partial charge on any atom is 0.243 e. The second-order valence-electron chi connectivity index (χ2n) is 6.28. The van der Waals surface area contributed by atoms with Gasteiger partial charge >= 0.3 is 0 Å². The van der Waals surface area contributed by atoms with Crippen LogP contribution in [-0.2, 0) is 21.4 Å². The van der Waals surface area contributed by atoms with Gasteiger partial charge in [0.05, 0.1) is 10.1 Å². The first-order valence-electron chi connectivity index (χ1n) is 8.87. The van der Waals surface area contributed by atoms with Crippen molar-refractivity contribution in [3.05, 3.63) is 30.6 Å². The van der Waals surface area contributed by atoms with Gasteiger partial charge in [0.1, 0.15) is 6.33 Å². The van der Waals surface area contributed by atoms with Gasteiger partial charge in [0.2, 0.25) is 15.9 Å². The van der Waals surface area contributed by atoms with Crippen molar-refractivity contribution in [2.24, 2.45) is 0 Å². The van der Waals surface area contributed by atoms with E-state index < -0.39 is 10.0 Å². The van der Waals surface area contributed by atoms with Gasteiger partial charge in [-0.25, -0.2) is 8.42 Å². The van der Waals surface area contributed by atoms with Crippen LogP contribution in [0.3, 0.4) is 0 Å². The Hall–Kier alpha value is -1.91. The number of aryl methyl sites for hydroxylation is 1. The summed E-state index contributed by atoms with van der Waals surface area (Å²) in [5.41, 5.74) is 0.560. The Bertz CT molecular complexity index is 890. The van der Waals surface area contributed by atoms with Crippen molar-refractivity contribution in [1.82, 2.24) is 19.1 Å². The van der Waals surface area contributed by atoms with E-state index in [4.69, 9.17) is 0 Å². The molecule has 2 heterocycles. The Morgan fingerprint density at radius 1 is 1.26 bits per heavy atom. The highest BCUT2D eigenvalue weighted by atomic mass is 32.2. The fourth-order valence-corrected chi connectivity index (χ4v) is 5.20. The summed E-state index contributed by atoms with van der Waals surface area (Å²) in [6.45, 7) is 5.64. The summed E-state index contributed by atoms with van der Waals surface area (Å²) in [7, 11) is -3.44. The first kappa shape index (κ1) is 19.8. The molecule has 1 atom stereocenters. The number of carbonyl (C=O) groups is 1. The minimum absolute atomic E-state index is 0.180. The number of nitrogens with zero attached hydrogens (tertiary/aromatic N) is 4. The lowest BCUT2D eigenvalue weighted by molar-refractivity contribution is -0.115. The highest BCUT2D eigenvalue weighted by Crippen LogP contribution is 2.24. The summed E-state index contributed by atoms with van der Waals surface area (Å²) in [6, 6.07) is 6.31. The molecule has 0 radical (unpaired) electrons. The second-order valence-corrected chi connectivity index (χ2v) is 9.53. The van der Waals surface area contributed by atoms with Crippen LogP contribution in [0.5, 0.6) is 0 Å². The van der Waals surface area contributed by atoms with Crippen molar-refractivity contribution in [2.45, 2.75) is 48.5 Å². The number of amides is 1. The van der Waals surface area contributed by atoms with E-state index >= 15 is 0 Å². The lowest BCUT2D eigenvalue weighted by Gasteiger charge is -2.16. The molecule has 3 rings (SSSR count). The van der Waals surface area contributed by atoms with E-state index in [1.165, 1.54) is 28.2 Å². The summed E-state index contributed by atoms with van der Waals surface area (Å²) in [5, 5.41) is 11.0. The average Bonchev–Trinajstić information content (AvgIpc) is 3.34. The molecule has 8 nitrogen and oxygen atoms in total. The fraction of sp³-hybridized carbons (Fsp3) is 0.471. The van der Waals surface area contributed by atoms with E-state index in [2.05, 4.69) is 15.5 Å². The van der Waals surface area contributed by atoms with E-state index in [0.29, 0.717) is 23.9 Å². The zero-order chi connectivity index (χ0) is 19.4. The van der Waals surface area contributed by atoms with Gasteiger partial charge in [-0.1, -0.05) is 11.8 Å². The normalized spacial score (nSPS) is 16.4. The average molecular weight is 410 g/mol. The van der Waals surface area contributed by atoms with Crippen molar-refractivity contribution >= 4 is 33.4 Å². The van der Waals surface area contributed by atoms with Gasteiger partial charge in [-0.05, 0) is 51.0 Å². The summed E-state index contributed by atoms with van der Waals surface area (Å²) < 4.78 is 28.4. The Morgan fingerprint density at radius 2 is 1.93 bits per heavy atom. The van der Waals surface area contributed by atoms with Crippen LogP contribution in [-0.4, -0.2) is 51.7 Å². The van der Waals surface area contributed by atoms with Crippen molar-refractivity contribution in [3.63, 3.8) is 0 Å². The first-order chi connectivity index (χ1) is 12.9. The molecule has 0 bridgehead atoms. The largest absolute Gasteiger partial charge is 0.325 e. The number of benzene rings is 1. The van der Waals surface area contributed by atoms with Crippen molar-refractivity contribution in [2.75, 3.05) is 18.4 Å². The van der Waals surface area contributed by atoms with E-state index in [9.17, 15) is 13.2 Å². The van der Waals surface area contributed by atoms with Crippen LogP contribution in [0, 0.1) is 0 Å². The number of rotatable bonds is 7. The number of anilines is 1. The molecule has 0 spiro atoms. The Labute approximate surface area is 163 Å². The van der Waals surface area contributed by atoms with Gasteiger partial charge in [-0.2, -0.15) is 4.31 Å². The lowest BCUT2D eigenvalue weighted by Crippen LogP contribution is -2.27. The fourth-order valence-electron chi connectivity index (χ4n) is 2.80. The van der Waals surface area contributed by atoms with E-state index in [1.54, 1.807) is 25.4 Å². The zero-order valence-electron chi connectivity index (χ0n) is 15.3. The van der Waals surface area contributed by atoms with E-state index in [1.807, 2.05) is 11.5 Å². The SMILES string of the molecule is CCn1cnnc1S[C@H](C)C(=O)Nc1ccc(S(=O)(=O)N2CCCC2)cc1. The van der Waals surface area contributed by atoms with Gasteiger partial charge in [0.25, 0.3) is 0 Å². The molecule has 1 aromatic carbocycles. The van der Waals surface area contributed by atoms with Crippen LogP contribution in [0.1, 0.15) is 26.7 Å². The molecular weight excluding hydrogens is 386 g/mol. The molecule has 10 heteroatoms. The van der Waals surface area contributed by atoms with Crippen LogP contribution in [0.4, 0.5) is 5.69 Å². The monoisotopic (exact) mass is 409 g/mol. The molecule has 1 aromatic heterocycles. The quantitative estimate of drug-likeness (QED) is 0.704. The van der Waals surface area contributed by atoms with Crippen LogP contribution >= 0.6 is 11.8 Å². The number of nitrogens with one attached hydrogen (secondary N) is 1. The van der Waals surface area contributed by atoms with Gasteiger partial charge in [0.15, 0.2) is 5.16 Å². The minimum Gasteiger partial charge on any atom is -0.325 e. The van der Waals surface area contributed by atoms with Crippen LogP contribution in [0.15, 0.2) is 40.6 Å². The Kier molecular flexibility index (Phi) is 6.18. The summed E-state index contributed by atoms with van der Waals surface area (Å²) in [6.07, 6.45) is 3.43. The third kappa shape index (κ3) is 4.50. The molecule has 0 aliphatic carbocycles. The maximum absolute atomic E-state index is 12.5. The molecule has 1 saturated heterocycles. The summed E-state index contributed by atoms with van der Waals surface area (Å²) in [4.78, 5) is 12.7. The van der Waals surface area contributed by atoms with Crippen molar-refractivity contribution in [1.29, 1.82) is 0 Å². The summed E-state index contributed by atoms with van der Waals surface area (Å²) in [5.74, 6) is -0.180. The standard InChI is InChI=1S/C17H23N5O3S2/c1-3-21-12-18-20-17(21)26-13(2)16(23)19-14-6-8-15(9-7-14)27(24,25)22-10-4-5-11-22/h6-9,12-13H,3-5,10-11H2,1-2H3,(H,19,23)/t13-/m1/s1. The predicted octanol–water partition coefficient (Wildman–Crippen LogP) is 2.20. The summed E-state index contributed by atoms with van der Waals surface area (Å²) >= 11 is 1.33. The van der Waals surface area contributed by atoms with Gasteiger partial charge in [-0.15, -0.1) is 10.2 Å². The molecule has 1 amide bonds. The molecule has 0 unspecified atom stereocenters. The lowest BCUT2D eigenvalue weighted by atomic mass is 10.3. The molecule has 2 aromatic rings. The molecule has 1 N–H and O–H groups in total. The number of hydrogen-bond acceptors (Lipinski definition) is 6. The van der Waals surface area contributed by atoms with Crippen molar-refractivity contribution < 1.29 is 13.2 Å². The van der Waals surface area contributed by atoms with Crippen molar-refractivity contribution in [3.8, 4) is 0 Å². The Morgan fingerprint density at radius 3 is 2.56 bits per heavy atom. The first-order valence-corrected chi connectivity index (χ1v) is 11.2. The molecule has 1 aliphatic rings. The second kappa shape index (κ2) is 8.41. The van der Waals surface area contributed by atoms with Crippen LogP contribution < -0.4 is 5.32 Å². The number of sulfonamides is 1. The molecule has 1 aliphatic heterocycles. The van der Waals surface area contributed by atoms with Gasteiger partial charge < -0.3 is 9.88 Å². The molecular formula is C17H23N5O3S2. The van der Waals surface area contributed by atoms with Crippen LogP contribution in [0.2, 0.25) is 0 Å². The molecule has 27 heavy (non-hydrogen) atoms. The number of hydrogen-bond donors (Lipinski definition) is 1. The van der Waals surface area contributed by atoms with E-state index in [0.717, 1.165) is 19.4 Å². The molecule has 146 valence electrons. The number of thioether (sulfide) groups is 1. The highest BCUT2D eigenvalue weighted by Gasteiger charge is 2.27. The minimum atomic E-state index is -3.44. The van der Waals surface area contributed by atoms with E-state index in [-0.39, 0.29) is 16.1 Å². The zero-order valence-corrected chi connectivity index (χ0v) is 17.0. The van der Waals surface area contributed by atoms with Gasteiger partial charge in [-0.3, -0.25) is 4.79 Å². The topological polar surface area (TPSA) is 97.2 Å². The Balaban J connectivity index is 1.63. The molecule has 0 saturated carbocycles. The number of carbonyl (C=O) groups excluding carboxylic acids is 1. The van der Waals surface area contributed by atoms with Gasteiger partial charge in [0, 0.05) is 25.3 Å². The third-order valence-electron chi connectivity index (χ3n) is 4.40.